The number of piperidine rings is 2. The number of anilines is 1. The van der Waals surface area contributed by atoms with Gasteiger partial charge in [-0.25, -0.2) is 9.37 Å². The molecule has 2 aliphatic heterocycles. The van der Waals surface area contributed by atoms with Crippen LogP contribution >= 0.6 is 11.6 Å². The average Bonchev–Trinajstić information content (AvgIpc) is 3.54. The van der Waals surface area contributed by atoms with E-state index in [1.807, 2.05) is 0 Å². The fraction of sp³-hybridized carbons (Fsp3) is 0.483. The van der Waals surface area contributed by atoms with Gasteiger partial charge in [-0.2, -0.15) is 0 Å². The van der Waals surface area contributed by atoms with Gasteiger partial charge in [-0.3, -0.25) is 0 Å². The van der Waals surface area contributed by atoms with Crippen molar-refractivity contribution in [2.75, 3.05) is 37.6 Å². The number of allylic oxidation sites excluding steroid dienone is 6. The maximum atomic E-state index is 13.5. The van der Waals surface area contributed by atoms with Crippen LogP contribution in [0.2, 0.25) is 5.02 Å². The van der Waals surface area contributed by atoms with Crippen LogP contribution in [0.15, 0.2) is 64.3 Å². The molecule has 6 rings (SSSR count). The summed E-state index contributed by atoms with van der Waals surface area (Å²) in [6.07, 6.45) is 17.4. The number of aromatic nitrogens is 1. The van der Waals surface area contributed by atoms with Crippen LogP contribution in [0, 0.1) is 17.2 Å². The van der Waals surface area contributed by atoms with Gasteiger partial charge in [-0.1, -0.05) is 35.9 Å². The zero-order chi connectivity index (χ0) is 24.7. The predicted molar refractivity (Wildman–Crippen MR) is 140 cm³/mol. The summed E-state index contributed by atoms with van der Waals surface area (Å²) in [6, 6.07) is 5.09. The number of benzene rings is 1. The molecule has 3 heterocycles. The van der Waals surface area contributed by atoms with E-state index in [0.717, 1.165) is 64.8 Å². The third kappa shape index (κ3) is 4.55. The lowest BCUT2D eigenvalue weighted by Crippen LogP contribution is -2.46. The molecule has 4 aliphatic rings. The fourth-order valence-corrected chi connectivity index (χ4v) is 6.52. The summed E-state index contributed by atoms with van der Waals surface area (Å²) in [7, 11) is 0. The van der Waals surface area contributed by atoms with Crippen LogP contribution in [0.3, 0.4) is 0 Å². The zero-order valence-corrected chi connectivity index (χ0v) is 21.3. The van der Waals surface area contributed by atoms with E-state index in [0.29, 0.717) is 17.3 Å². The van der Waals surface area contributed by atoms with Crippen molar-refractivity contribution in [2.24, 2.45) is 11.3 Å². The van der Waals surface area contributed by atoms with Crippen LogP contribution in [-0.2, 0) is 0 Å². The molecule has 0 amide bonds. The first kappa shape index (κ1) is 24.0. The summed E-state index contributed by atoms with van der Waals surface area (Å²) in [4.78, 5) is 9.01. The van der Waals surface area contributed by atoms with E-state index < -0.39 is 5.82 Å². The van der Waals surface area contributed by atoms with E-state index in [2.05, 4.69) is 39.1 Å². The Labute approximate surface area is 216 Å². The highest BCUT2D eigenvalue weighted by Gasteiger charge is 2.40. The monoisotopic (exact) mass is 509 g/mol. The minimum Gasteiger partial charge on any atom is -0.423 e. The van der Waals surface area contributed by atoms with E-state index in [1.54, 1.807) is 23.9 Å². The minimum atomic E-state index is -0.451. The standard InChI is InChI=1S/C29H33ClFN3O2/c30-24-17-22(5-6-25(24)31)27-18-32-28(36-27)34-13-8-21(9-14-34)26(35)19-33-15-11-29(12-16-33)10-7-20-3-1-2-4-23(20)29/h3-7,10,17-18,21,26,35H,1-2,8-9,11-16,19H2. The molecule has 1 aromatic heterocycles. The van der Waals surface area contributed by atoms with Gasteiger partial charge in [-0.05, 0) is 86.9 Å². The van der Waals surface area contributed by atoms with E-state index >= 15 is 0 Å². The van der Waals surface area contributed by atoms with Gasteiger partial charge in [-0.15, -0.1) is 0 Å². The number of aliphatic hydroxyl groups excluding tert-OH is 1. The van der Waals surface area contributed by atoms with Crippen molar-refractivity contribution in [1.29, 1.82) is 0 Å². The van der Waals surface area contributed by atoms with Crippen molar-refractivity contribution in [3.8, 4) is 11.3 Å². The Kier molecular flexibility index (Phi) is 6.53. The second-order valence-corrected chi connectivity index (χ2v) is 11.1. The molecule has 2 fully saturated rings. The quantitative estimate of drug-likeness (QED) is 0.535. The van der Waals surface area contributed by atoms with Crippen molar-refractivity contribution in [2.45, 2.75) is 44.6 Å². The van der Waals surface area contributed by atoms with Crippen LogP contribution in [0.1, 0.15) is 38.5 Å². The smallest absolute Gasteiger partial charge is 0.297 e. The third-order valence-electron chi connectivity index (χ3n) is 8.55. The van der Waals surface area contributed by atoms with Crippen LogP contribution in [-0.4, -0.2) is 53.8 Å². The highest BCUT2D eigenvalue weighted by Crippen LogP contribution is 2.49. The molecule has 0 bridgehead atoms. The van der Waals surface area contributed by atoms with Crippen LogP contribution in [0.5, 0.6) is 0 Å². The number of aliphatic hydroxyl groups is 1. The molecular weight excluding hydrogens is 477 g/mol. The molecule has 1 N–H and O–H groups in total. The highest BCUT2D eigenvalue weighted by atomic mass is 35.5. The summed E-state index contributed by atoms with van der Waals surface area (Å²) in [6.45, 7) is 4.42. The first-order valence-corrected chi connectivity index (χ1v) is 13.6. The number of rotatable bonds is 5. The summed E-state index contributed by atoms with van der Waals surface area (Å²) in [5, 5.41) is 11.1. The SMILES string of the molecule is OC(CN1CCC2(C=CC3=CCCC=C32)CC1)C1CCN(c2ncc(-c3ccc(F)c(Cl)c3)o2)CC1. The second kappa shape index (κ2) is 9.81. The molecule has 2 aromatic rings. The molecule has 1 spiro atoms. The number of hydrogen-bond donors (Lipinski definition) is 1. The van der Waals surface area contributed by atoms with Gasteiger partial charge in [0, 0.05) is 30.6 Å². The maximum Gasteiger partial charge on any atom is 0.297 e. The highest BCUT2D eigenvalue weighted by molar-refractivity contribution is 6.31. The van der Waals surface area contributed by atoms with Gasteiger partial charge in [0.1, 0.15) is 5.82 Å². The van der Waals surface area contributed by atoms with Gasteiger partial charge in [0.2, 0.25) is 0 Å². The molecule has 2 saturated heterocycles. The molecule has 5 nitrogen and oxygen atoms in total. The van der Waals surface area contributed by atoms with E-state index in [1.165, 1.54) is 18.1 Å². The fourth-order valence-electron chi connectivity index (χ4n) is 6.34. The summed E-state index contributed by atoms with van der Waals surface area (Å²) < 4.78 is 19.4. The van der Waals surface area contributed by atoms with Gasteiger partial charge in [0.25, 0.3) is 6.01 Å². The summed E-state index contributed by atoms with van der Waals surface area (Å²) >= 11 is 5.91. The van der Waals surface area contributed by atoms with Crippen molar-refractivity contribution >= 4 is 17.6 Å². The van der Waals surface area contributed by atoms with Crippen LogP contribution < -0.4 is 4.90 Å². The largest absolute Gasteiger partial charge is 0.423 e. The Bertz CT molecular complexity index is 1200. The number of fused-ring (bicyclic) bond motifs is 2. The Balaban J connectivity index is 0.998. The van der Waals surface area contributed by atoms with E-state index in [4.69, 9.17) is 16.0 Å². The first-order chi connectivity index (χ1) is 17.5. The van der Waals surface area contributed by atoms with Crippen molar-refractivity contribution < 1.29 is 13.9 Å². The number of hydrogen-bond acceptors (Lipinski definition) is 5. The molecular formula is C29H33ClFN3O2. The molecule has 1 aromatic carbocycles. The predicted octanol–water partition coefficient (Wildman–Crippen LogP) is 6.01. The van der Waals surface area contributed by atoms with Crippen molar-refractivity contribution in [3.05, 3.63) is 70.7 Å². The lowest BCUT2D eigenvalue weighted by atomic mass is 9.72. The Morgan fingerprint density at radius 2 is 1.92 bits per heavy atom. The number of halogens is 2. The van der Waals surface area contributed by atoms with Crippen LogP contribution in [0.25, 0.3) is 11.3 Å². The lowest BCUT2D eigenvalue weighted by molar-refractivity contribution is 0.0376. The minimum absolute atomic E-state index is 0.0662. The molecule has 7 heteroatoms. The summed E-state index contributed by atoms with van der Waals surface area (Å²) in [5.41, 5.74) is 3.93. The molecule has 0 saturated carbocycles. The van der Waals surface area contributed by atoms with Crippen molar-refractivity contribution in [1.82, 2.24) is 9.88 Å². The third-order valence-corrected chi connectivity index (χ3v) is 8.84. The molecule has 2 aliphatic carbocycles. The number of likely N-dealkylation sites (tertiary alicyclic amines) is 1. The molecule has 190 valence electrons. The zero-order valence-electron chi connectivity index (χ0n) is 20.5. The number of oxazole rings is 1. The lowest BCUT2D eigenvalue weighted by Gasteiger charge is -2.42. The molecule has 36 heavy (non-hydrogen) atoms. The van der Waals surface area contributed by atoms with Gasteiger partial charge in [0.15, 0.2) is 5.76 Å². The maximum absolute atomic E-state index is 13.5. The van der Waals surface area contributed by atoms with Gasteiger partial charge < -0.3 is 19.3 Å². The summed E-state index contributed by atoms with van der Waals surface area (Å²) in [5.74, 6) is 0.401. The number of nitrogens with zero attached hydrogens (tertiary/aromatic N) is 3. The molecule has 0 radical (unpaired) electrons. The molecule has 1 unspecified atom stereocenters. The van der Waals surface area contributed by atoms with E-state index in [9.17, 15) is 9.50 Å². The first-order valence-electron chi connectivity index (χ1n) is 13.2. The Hall–Kier alpha value is -2.41. The van der Waals surface area contributed by atoms with Crippen LogP contribution in [0.4, 0.5) is 10.4 Å². The normalized spacial score (nSPS) is 23.0. The van der Waals surface area contributed by atoms with Gasteiger partial charge >= 0.3 is 0 Å². The van der Waals surface area contributed by atoms with E-state index in [-0.39, 0.29) is 22.5 Å². The number of β-amino-alcohol motifs (C(OH)–C–C–N with tert-alkyl or cyclic N) is 1. The molecule has 1 atom stereocenters. The average molecular weight is 510 g/mol. The Morgan fingerprint density at radius 1 is 1.14 bits per heavy atom. The van der Waals surface area contributed by atoms with Gasteiger partial charge in [0.05, 0.1) is 17.3 Å². The Morgan fingerprint density at radius 3 is 2.69 bits per heavy atom. The topological polar surface area (TPSA) is 52.7 Å². The van der Waals surface area contributed by atoms with Crippen molar-refractivity contribution in [3.63, 3.8) is 0 Å². The second-order valence-electron chi connectivity index (χ2n) is 10.7.